The van der Waals surface area contributed by atoms with Crippen molar-refractivity contribution in [3.05, 3.63) is 63.3 Å². The van der Waals surface area contributed by atoms with Crippen molar-refractivity contribution in [1.82, 2.24) is 14.9 Å². The third-order valence-electron chi connectivity index (χ3n) is 3.80. The van der Waals surface area contributed by atoms with Crippen molar-refractivity contribution >= 4 is 0 Å². The van der Waals surface area contributed by atoms with E-state index in [0.717, 1.165) is 49.6 Å². The SMILES string of the molecule is Cc1cccc(CN2CCc3ccc(=O)[nH]c3CC2)n1. The molecule has 0 atom stereocenters. The van der Waals surface area contributed by atoms with E-state index in [2.05, 4.69) is 27.0 Å². The van der Waals surface area contributed by atoms with Gasteiger partial charge in [0.15, 0.2) is 0 Å². The minimum Gasteiger partial charge on any atom is -0.326 e. The molecule has 2 aromatic rings. The highest BCUT2D eigenvalue weighted by Gasteiger charge is 2.15. The normalized spacial score (nSPS) is 15.7. The van der Waals surface area contributed by atoms with Crippen LogP contribution in [-0.4, -0.2) is 28.0 Å². The van der Waals surface area contributed by atoms with Crippen LogP contribution < -0.4 is 5.56 Å². The molecule has 0 aromatic carbocycles. The first-order chi connectivity index (χ1) is 9.70. The van der Waals surface area contributed by atoms with Gasteiger partial charge >= 0.3 is 0 Å². The van der Waals surface area contributed by atoms with E-state index in [9.17, 15) is 4.79 Å². The van der Waals surface area contributed by atoms with Crippen molar-refractivity contribution in [2.75, 3.05) is 13.1 Å². The minimum atomic E-state index is -0.00227. The second kappa shape index (κ2) is 5.59. The summed E-state index contributed by atoms with van der Waals surface area (Å²) in [6, 6.07) is 9.74. The number of hydrogen-bond acceptors (Lipinski definition) is 3. The van der Waals surface area contributed by atoms with E-state index >= 15 is 0 Å². The number of nitrogens with zero attached hydrogens (tertiary/aromatic N) is 2. The van der Waals surface area contributed by atoms with Crippen molar-refractivity contribution < 1.29 is 0 Å². The van der Waals surface area contributed by atoms with E-state index in [-0.39, 0.29) is 5.56 Å². The molecule has 0 saturated heterocycles. The molecular formula is C16H19N3O. The number of H-pyrrole nitrogens is 1. The third kappa shape index (κ3) is 2.96. The fraction of sp³-hybridized carbons (Fsp3) is 0.375. The molecule has 0 radical (unpaired) electrons. The number of fused-ring (bicyclic) bond motifs is 1. The molecule has 4 heteroatoms. The molecule has 3 rings (SSSR count). The Hall–Kier alpha value is -1.94. The summed E-state index contributed by atoms with van der Waals surface area (Å²) in [6.07, 6.45) is 1.88. The molecule has 0 aliphatic carbocycles. The maximum atomic E-state index is 11.4. The molecule has 0 bridgehead atoms. The average Bonchev–Trinajstić information content (AvgIpc) is 2.61. The molecular weight excluding hydrogens is 250 g/mol. The minimum absolute atomic E-state index is 0.00227. The highest BCUT2D eigenvalue weighted by atomic mass is 16.1. The second-order valence-corrected chi connectivity index (χ2v) is 5.37. The van der Waals surface area contributed by atoms with Gasteiger partial charge < -0.3 is 4.98 Å². The number of pyridine rings is 2. The summed E-state index contributed by atoms with van der Waals surface area (Å²) in [5.41, 5.74) is 4.54. The van der Waals surface area contributed by atoms with E-state index in [1.807, 2.05) is 19.1 Å². The predicted octanol–water partition coefficient (Wildman–Crippen LogP) is 1.68. The van der Waals surface area contributed by atoms with Crippen LogP contribution in [0.4, 0.5) is 0 Å². The smallest absolute Gasteiger partial charge is 0.248 e. The van der Waals surface area contributed by atoms with Crippen molar-refractivity contribution in [1.29, 1.82) is 0 Å². The Labute approximate surface area is 118 Å². The molecule has 3 heterocycles. The molecule has 2 aromatic heterocycles. The first-order valence-electron chi connectivity index (χ1n) is 7.07. The van der Waals surface area contributed by atoms with Gasteiger partial charge in [0.2, 0.25) is 5.56 Å². The standard InChI is InChI=1S/C16H19N3O/c1-12-3-2-4-14(17-12)11-19-9-7-13-5-6-16(20)18-15(13)8-10-19/h2-6H,7-11H2,1H3,(H,18,20). The van der Waals surface area contributed by atoms with E-state index in [0.29, 0.717) is 0 Å². The largest absolute Gasteiger partial charge is 0.326 e. The van der Waals surface area contributed by atoms with Gasteiger partial charge in [0.1, 0.15) is 0 Å². The molecule has 4 nitrogen and oxygen atoms in total. The first-order valence-corrected chi connectivity index (χ1v) is 7.07. The number of hydrogen-bond donors (Lipinski definition) is 1. The third-order valence-corrected chi connectivity index (χ3v) is 3.80. The van der Waals surface area contributed by atoms with Crippen LogP contribution in [0.3, 0.4) is 0 Å². The zero-order chi connectivity index (χ0) is 13.9. The Morgan fingerprint density at radius 1 is 1.20 bits per heavy atom. The fourth-order valence-electron chi connectivity index (χ4n) is 2.74. The number of aryl methyl sites for hydroxylation is 1. The van der Waals surface area contributed by atoms with Crippen LogP contribution in [0.1, 0.15) is 22.6 Å². The van der Waals surface area contributed by atoms with Crippen LogP contribution in [0.2, 0.25) is 0 Å². The summed E-state index contributed by atoms with van der Waals surface area (Å²) >= 11 is 0. The number of nitrogens with one attached hydrogen (secondary N) is 1. The van der Waals surface area contributed by atoms with Gasteiger partial charge in [0.25, 0.3) is 0 Å². The zero-order valence-corrected chi connectivity index (χ0v) is 11.7. The molecule has 0 saturated carbocycles. The Morgan fingerprint density at radius 3 is 2.90 bits per heavy atom. The summed E-state index contributed by atoms with van der Waals surface area (Å²) in [4.78, 5) is 21.3. The highest BCUT2D eigenvalue weighted by Crippen LogP contribution is 2.14. The number of rotatable bonds is 2. The van der Waals surface area contributed by atoms with Gasteiger partial charge in [-0.25, -0.2) is 0 Å². The lowest BCUT2D eigenvalue weighted by Crippen LogP contribution is -2.26. The van der Waals surface area contributed by atoms with Crippen molar-refractivity contribution in [2.45, 2.75) is 26.3 Å². The molecule has 1 aliphatic heterocycles. The summed E-state index contributed by atoms with van der Waals surface area (Å²) in [7, 11) is 0. The zero-order valence-electron chi connectivity index (χ0n) is 11.7. The Kier molecular flexibility index (Phi) is 3.65. The van der Waals surface area contributed by atoms with Crippen molar-refractivity contribution in [3.63, 3.8) is 0 Å². The van der Waals surface area contributed by atoms with E-state index in [1.165, 1.54) is 5.56 Å². The Morgan fingerprint density at radius 2 is 2.05 bits per heavy atom. The van der Waals surface area contributed by atoms with Gasteiger partial charge in [0, 0.05) is 43.5 Å². The maximum Gasteiger partial charge on any atom is 0.248 e. The fourth-order valence-corrected chi connectivity index (χ4v) is 2.74. The lowest BCUT2D eigenvalue weighted by molar-refractivity contribution is 0.275. The molecule has 0 fully saturated rings. The molecule has 104 valence electrons. The monoisotopic (exact) mass is 269 g/mol. The van der Waals surface area contributed by atoms with Gasteiger partial charge in [-0.15, -0.1) is 0 Å². The van der Waals surface area contributed by atoms with Crippen LogP contribution in [0.25, 0.3) is 0 Å². The number of aromatic amines is 1. The lowest BCUT2D eigenvalue weighted by Gasteiger charge is -2.19. The van der Waals surface area contributed by atoms with E-state index < -0.39 is 0 Å². The summed E-state index contributed by atoms with van der Waals surface area (Å²) in [5, 5.41) is 0. The van der Waals surface area contributed by atoms with Crippen LogP contribution >= 0.6 is 0 Å². The van der Waals surface area contributed by atoms with Gasteiger partial charge in [-0.2, -0.15) is 0 Å². The molecule has 0 amide bonds. The quantitative estimate of drug-likeness (QED) is 0.902. The highest BCUT2D eigenvalue weighted by molar-refractivity contribution is 5.22. The summed E-state index contributed by atoms with van der Waals surface area (Å²) in [5.74, 6) is 0. The summed E-state index contributed by atoms with van der Waals surface area (Å²) < 4.78 is 0. The Bertz CT molecular complexity index is 663. The summed E-state index contributed by atoms with van der Waals surface area (Å²) in [6.45, 7) is 4.86. The van der Waals surface area contributed by atoms with E-state index in [4.69, 9.17) is 0 Å². The van der Waals surface area contributed by atoms with Gasteiger partial charge in [-0.3, -0.25) is 14.7 Å². The second-order valence-electron chi connectivity index (χ2n) is 5.37. The lowest BCUT2D eigenvalue weighted by atomic mass is 10.1. The molecule has 1 aliphatic rings. The van der Waals surface area contributed by atoms with E-state index in [1.54, 1.807) is 6.07 Å². The van der Waals surface area contributed by atoms with Crippen molar-refractivity contribution in [3.8, 4) is 0 Å². The van der Waals surface area contributed by atoms with Crippen molar-refractivity contribution in [2.24, 2.45) is 0 Å². The first kappa shape index (κ1) is 13.1. The average molecular weight is 269 g/mol. The molecule has 0 unspecified atom stereocenters. The molecule has 0 spiro atoms. The van der Waals surface area contributed by atoms with Gasteiger partial charge in [-0.05, 0) is 31.0 Å². The van der Waals surface area contributed by atoms with Crippen LogP contribution in [0.5, 0.6) is 0 Å². The van der Waals surface area contributed by atoms with Crippen LogP contribution in [0.15, 0.2) is 35.1 Å². The molecule has 1 N–H and O–H groups in total. The molecule has 20 heavy (non-hydrogen) atoms. The topological polar surface area (TPSA) is 49.0 Å². The predicted molar refractivity (Wildman–Crippen MR) is 78.7 cm³/mol. The maximum absolute atomic E-state index is 11.4. The van der Waals surface area contributed by atoms with Gasteiger partial charge in [0.05, 0.1) is 5.69 Å². The van der Waals surface area contributed by atoms with Crippen LogP contribution in [-0.2, 0) is 19.4 Å². The van der Waals surface area contributed by atoms with Gasteiger partial charge in [-0.1, -0.05) is 12.1 Å². The van der Waals surface area contributed by atoms with Crippen LogP contribution in [0, 0.1) is 6.92 Å². The Balaban J connectivity index is 1.72. The number of aromatic nitrogens is 2.